The van der Waals surface area contributed by atoms with Crippen LogP contribution in [0.5, 0.6) is 0 Å². The smallest absolute Gasteiger partial charge is 0.0937 e. The first-order valence-corrected chi connectivity index (χ1v) is 24.9. The maximum atomic E-state index is 5.42. The molecule has 1 aliphatic carbocycles. The first-order valence-electron chi connectivity index (χ1n) is 24.1. The molecule has 7 heteroatoms. The monoisotopic (exact) mass is 922 g/mol. The van der Waals surface area contributed by atoms with Gasteiger partial charge in [-0.25, -0.2) is 0 Å². The molecule has 0 fully saturated rings. The Bertz CT molecular complexity index is 4490. The van der Waals surface area contributed by atoms with Gasteiger partial charge in [0, 0.05) is 77.5 Å². The minimum Gasteiger partial charge on any atom is -0.309 e. The summed E-state index contributed by atoms with van der Waals surface area (Å²) in [6, 6.07) is 75.5. The fourth-order valence-electron chi connectivity index (χ4n) is 12.4. The van der Waals surface area contributed by atoms with E-state index in [2.05, 4.69) is 226 Å². The molecule has 330 valence electrons. The molecule has 6 nitrogen and oxygen atoms in total. The summed E-state index contributed by atoms with van der Waals surface area (Å²) in [6.45, 7) is 0. The van der Waals surface area contributed by atoms with Gasteiger partial charge in [-0.1, -0.05) is 133 Å². The van der Waals surface area contributed by atoms with Crippen molar-refractivity contribution in [2.24, 2.45) is 0 Å². The van der Waals surface area contributed by atoms with E-state index in [0.717, 1.165) is 78.2 Å². The van der Waals surface area contributed by atoms with E-state index in [9.17, 15) is 0 Å². The summed E-state index contributed by atoms with van der Waals surface area (Å²) in [6.07, 6.45) is 7.88. The zero-order chi connectivity index (χ0) is 46.4. The Hall–Kier alpha value is -9.04. The van der Waals surface area contributed by atoms with E-state index in [1.165, 1.54) is 58.9 Å². The first-order chi connectivity index (χ1) is 35.2. The van der Waals surface area contributed by atoms with E-state index in [1.807, 2.05) is 30.4 Å². The van der Waals surface area contributed by atoms with Crippen molar-refractivity contribution in [3.05, 3.63) is 253 Å². The normalized spacial score (nSPS) is 14.8. The van der Waals surface area contributed by atoms with E-state index in [1.54, 1.807) is 0 Å². The van der Waals surface area contributed by atoms with Crippen molar-refractivity contribution in [3.8, 4) is 39.6 Å². The Balaban J connectivity index is 0.915. The second kappa shape index (κ2) is 14.5. The molecule has 1 spiro atoms. The fourth-order valence-corrected chi connectivity index (χ4v) is 13.6. The summed E-state index contributed by atoms with van der Waals surface area (Å²) in [5.41, 5.74) is 18.2. The summed E-state index contributed by atoms with van der Waals surface area (Å²) in [4.78, 5) is 17.8. The van der Waals surface area contributed by atoms with Crippen molar-refractivity contribution in [2.45, 2.75) is 15.2 Å². The maximum Gasteiger partial charge on any atom is 0.0937 e. The van der Waals surface area contributed by atoms with Crippen LogP contribution in [0.4, 0.5) is 0 Å². The molecule has 0 radical (unpaired) electrons. The molecule has 1 aliphatic heterocycles. The van der Waals surface area contributed by atoms with Gasteiger partial charge in [-0.15, -0.1) is 0 Å². The number of hydrogen-bond donors (Lipinski definition) is 0. The molecular formula is C64H38N6S. The summed E-state index contributed by atoms with van der Waals surface area (Å²) < 4.78 is 7.21. The highest BCUT2D eigenvalue weighted by atomic mass is 32.2. The van der Waals surface area contributed by atoms with Crippen LogP contribution >= 0.6 is 11.8 Å². The molecule has 6 aromatic heterocycles. The predicted molar refractivity (Wildman–Crippen MR) is 290 cm³/mol. The second-order valence-electron chi connectivity index (χ2n) is 18.7. The molecule has 2 aliphatic rings. The molecule has 0 amide bonds. The van der Waals surface area contributed by atoms with Crippen LogP contribution < -0.4 is 0 Å². The van der Waals surface area contributed by atoms with E-state index in [0.29, 0.717) is 0 Å². The summed E-state index contributed by atoms with van der Waals surface area (Å²) in [7, 11) is 0. The minimum atomic E-state index is -0.683. The van der Waals surface area contributed by atoms with Crippen molar-refractivity contribution in [1.29, 1.82) is 0 Å². The van der Waals surface area contributed by atoms with Crippen molar-refractivity contribution in [3.63, 3.8) is 0 Å². The minimum absolute atomic E-state index is 0.683. The van der Waals surface area contributed by atoms with Gasteiger partial charge in [-0.2, -0.15) is 0 Å². The van der Waals surface area contributed by atoms with Gasteiger partial charge in [0.05, 0.1) is 67.5 Å². The SMILES string of the molecule is c1ccc2c(c1)Sc1ccc(-n3c4ccccc4c4ccccc43)cc1C21c2cccnc2-c2ncc(-c3ccc4c(c3)c3ccccc3n4-c3cnccc3-n3c4ccccc4c4ccccc43)cc21. The van der Waals surface area contributed by atoms with Crippen molar-refractivity contribution in [1.82, 2.24) is 28.7 Å². The Kier molecular flexibility index (Phi) is 7.94. The lowest BCUT2D eigenvalue weighted by atomic mass is 9.67. The Morgan fingerprint density at radius 1 is 0.338 bits per heavy atom. The summed E-state index contributed by atoms with van der Waals surface area (Å²) >= 11 is 1.85. The van der Waals surface area contributed by atoms with Crippen LogP contribution in [0.2, 0.25) is 0 Å². The molecule has 71 heavy (non-hydrogen) atoms. The largest absolute Gasteiger partial charge is 0.309 e. The fraction of sp³-hybridized carbons (Fsp3) is 0.0156. The lowest BCUT2D eigenvalue weighted by Crippen LogP contribution is -2.32. The average molecular weight is 923 g/mol. The molecule has 1 unspecified atom stereocenters. The lowest BCUT2D eigenvalue weighted by Gasteiger charge is -2.39. The molecule has 0 saturated heterocycles. The average Bonchev–Trinajstić information content (AvgIpc) is 4.15. The third kappa shape index (κ3) is 5.20. The highest BCUT2D eigenvalue weighted by molar-refractivity contribution is 7.99. The third-order valence-electron chi connectivity index (χ3n) is 15.3. The van der Waals surface area contributed by atoms with Crippen molar-refractivity contribution in [2.75, 3.05) is 0 Å². The highest BCUT2D eigenvalue weighted by Crippen LogP contribution is 2.62. The number of aromatic nitrogens is 6. The van der Waals surface area contributed by atoms with Crippen LogP contribution in [0, 0.1) is 0 Å². The number of rotatable bonds is 4. The molecule has 14 aromatic rings. The molecule has 16 rings (SSSR count). The van der Waals surface area contributed by atoms with Gasteiger partial charge in [0.1, 0.15) is 0 Å². The Morgan fingerprint density at radius 3 is 1.58 bits per heavy atom. The van der Waals surface area contributed by atoms with Crippen LogP contribution in [-0.4, -0.2) is 28.7 Å². The van der Waals surface area contributed by atoms with Gasteiger partial charge in [0.15, 0.2) is 0 Å². The van der Waals surface area contributed by atoms with Gasteiger partial charge in [-0.05, 0) is 107 Å². The van der Waals surface area contributed by atoms with Crippen molar-refractivity contribution < 1.29 is 0 Å². The van der Waals surface area contributed by atoms with Gasteiger partial charge in [0.2, 0.25) is 0 Å². The highest BCUT2D eigenvalue weighted by Gasteiger charge is 2.52. The number of para-hydroxylation sites is 5. The molecule has 8 aromatic carbocycles. The first kappa shape index (κ1) is 38.9. The summed E-state index contributed by atoms with van der Waals surface area (Å²) in [5.74, 6) is 0. The predicted octanol–water partition coefficient (Wildman–Crippen LogP) is 15.7. The molecule has 0 saturated carbocycles. The third-order valence-corrected chi connectivity index (χ3v) is 16.4. The van der Waals surface area contributed by atoms with E-state index >= 15 is 0 Å². The van der Waals surface area contributed by atoms with Gasteiger partial charge in [-0.3, -0.25) is 15.0 Å². The quantitative estimate of drug-likeness (QED) is 0.176. The number of pyridine rings is 3. The number of hydrogen-bond acceptors (Lipinski definition) is 4. The van der Waals surface area contributed by atoms with Crippen LogP contribution in [0.3, 0.4) is 0 Å². The zero-order valence-electron chi connectivity index (χ0n) is 38.0. The van der Waals surface area contributed by atoms with Crippen LogP contribution in [0.25, 0.3) is 105 Å². The van der Waals surface area contributed by atoms with Gasteiger partial charge < -0.3 is 13.7 Å². The van der Waals surface area contributed by atoms with Crippen molar-refractivity contribution >= 4 is 77.2 Å². The van der Waals surface area contributed by atoms with Gasteiger partial charge >= 0.3 is 0 Å². The molecular weight excluding hydrogens is 885 g/mol. The van der Waals surface area contributed by atoms with E-state index in [-0.39, 0.29) is 0 Å². The second-order valence-corrected chi connectivity index (χ2v) is 19.8. The van der Waals surface area contributed by atoms with Crippen LogP contribution in [0.15, 0.2) is 241 Å². The number of nitrogens with zero attached hydrogens (tertiary/aromatic N) is 6. The maximum absolute atomic E-state index is 5.42. The Labute approximate surface area is 411 Å². The van der Waals surface area contributed by atoms with E-state index in [4.69, 9.17) is 15.0 Å². The zero-order valence-corrected chi connectivity index (χ0v) is 38.8. The van der Waals surface area contributed by atoms with Crippen LogP contribution in [-0.2, 0) is 5.41 Å². The molecule has 0 bridgehead atoms. The molecule has 0 N–H and O–H groups in total. The lowest BCUT2D eigenvalue weighted by molar-refractivity contribution is 0.718. The molecule has 1 atom stereocenters. The van der Waals surface area contributed by atoms with E-state index < -0.39 is 5.41 Å². The number of benzene rings is 8. The summed E-state index contributed by atoms with van der Waals surface area (Å²) in [5, 5.41) is 7.28. The van der Waals surface area contributed by atoms with Crippen LogP contribution in [0.1, 0.15) is 22.3 Å². The standard InChI is InChI=1S/C64H38N6S/c1-7-21-52-42(14-1)43-15-2-8-22-53(43)68(52)41-28-30-61-50(36-41)64(48-19-6-12-26-60(48)71-61)49-20-13-32-66-62(49)63-51(64)35-40(37-67-63)39-27-29-57-47(34-39)46-18-5-11-25-56(46)70(57)59-38-65-33-31-58(59)69-54-23-9-3-16-44(54)45-17-4-10-24-55(45)69/h1-38H. The Morgan fingerprint density at radius 2 is 0.887 bits per heavy atom. The topological polar surface area (TPSA) is 53.5 Å². The number of fused-ring (bicyclic) bond motifs is 18. The van der Waals surface area contributed by atoms with Gasteiger partial charge in [0.25, 0.3) is 0 Å². The molecule has 7 heterocycles.